The minimum Gasteiger partial charge on any atom is -0.260 e. The first-order valence-corrected chi connectivity index (χ1v) is 4.36. The maximum atomic E-state index is 6.14. The predicted molar refractivity (Wildman–Crippen MR) is 45.6 cm³/mol. The predicted octanol–water partition coefficient (Wildman–Crippen LogP) is 2.77. The van der Waals surface area contributed by atoms with Crippen molar-refractivity contribution in [3.8, 4) is 0 Å². The molecule has 0 spiro atoms. The summed E-state index contributed by atoms with van der Waals surface area (Å²) in [6.45, 7) is 0. The third-order valence-corrected chi connectivity index (χ3v) is 2.59. The molecule has 1 heterocycles. The standard InChI is InChI=1S/C9H10ClN/c10-9(7-4-5-7)8-3-1-2-6-11-8/h1-3,6-7,9H,4-5H2. The van der Waals surface area contributed by atoms with Crippen molar-refractivity contribution >= 4 is 11.6 Å². The van der Waals surface area contributed by atoms with Crippen LogP contribution in [-0.2, 0) is 0 Å². The van der Waals surface area contributed by atoms with E-state index in [2.05, 4.69) is 4.98 Å². The zero-order valence-electron chi connectivity index (χ0n) is 6.20. The summed E-state index contributed by atoms with van der Waals surface area (Å²) in [4.78, 5) is 4.21. The maximum Gasteiger partial charge on any atom is 0.0785 e. The summed E-state index contributed by atoms with van der Waals surface area (Å²) in [5, 5.41) is 0.149. The molecule has 0 saturated heterocycles. The molecule has 2 heteroatoms. The van der Waals surface area contributed by atoms with Crippen LogP contribution in [0.1, 0.15) is 23.9 Å². The van der Waals surface area contributed by atoms with Crippen LogP contribution in [-0.4, -0.2) is 4.98 Å². The van der Waals surface area contributed by atoms with Crippen LogP contribution in [0.15, 0.2) is 24.4 Å². The first-order chi connectivity index (χ1) is 5.38. The summed E-state index contributed by atoms with van der Waals surface area (Å²) >= 11 is 6.14. The van der Waals surface area contributed by atoms with Gasteiger partial charge in [0.05, 0.1) is 11.1 Å². The van der Waals surface area contributed by atoms with Gasteiger partial charge in [0, 0.05) is 6.20 Å². The molecule has 11 heavy (non-hydrogen) atoms. The van der Waals surface area contributed by atoms with Gasteiger partial charge in [-0.1, -0.05) is 6.07 Å². The third kappa shape index (κ3) is 1.54. The summed E-state index contributed by atoms with van der Waals surface area (Å²) in [5.41, 5.74) is 1.02. The number of alkyl halides is 1. The Morgan fingerprint density at radius 1 is 1.45 bits per heavy atom. The molecule has 0 N–H and O–H groups in total. The average molecular weight is 168 g/mol. The molecule has 1 fully saturated rings. The van der Waals surface area contributed by atoms with E-state index in [0.717, 1.165) is 5.69 Å². The van der Waals surface area contributed by atoms with E-state index in [1.807, 2.05) is 18.2 Å². The Bertz CT molecular complexity index is 231. The number of pyridine rings is 1. The summed E-state index contributed by atoms with van der Waals surface area (Å²) in [7, 11) is 0. The van der Waals surface area contributed by atoms with E-state index in [9.17, 15) is 0 Å². The lowest BCUT2D eigenvalue weighted by molar-refractivity contribution is 0.771. The smallest absolute Gasteiger partial charge is 0.0785 e. The Morgan fingerprint density at radius 2 is 2.27 bits per heavy atom. The van der Waals surface area contributed by atoms with Crippen molar-refractivity contribution in [2.75, 3.05) is 0 Å². The zero-order valence-corrected chi connectivity index (χ0v) is 6.96. The van der Waals surface area contributed by atoms with Gasteiger partial charge in [0.15, 0.2) is 0 Å². The quantitative estimate of drug-likeness (QED) is 0.618. The van der Waals surface area contributed by atoms with Gasteiger partial charge in [-0.05, 0) is 30.9 Å². The molecule has 0 radical (unpaired) electrons. The van der Waals surface area contributed by atoms with Crippen molar-refractivity contribution in [2.24, 2.45) is 5.92 Å². The number of hydrogen-bond acceptors (Lipinski definition) is 1. The molecule has 1 atom stereocenters. The fourth-order valence-corrected chi connectivity index (χ4v) is 1.55. The Labute approximate surface area is 71.4 Å². The highest BCUT2D eigenvalue weighted by molar-refractivity contribution is 6.21. The highest BCUT2D eigenvalue weighted by Crippen LogP contribution is 2.44. The molecule has 1 aromatic heterocycles. The van der Waals surface area contributed by atoms with E-state index in [-0.39, 0.29) is 5.38 Å². The first-order valence-electron chi connectivity index (χ1n) is 3.93. The fourth-order valence-electron chi connectivity index (χ4n) is 1.17. The molecule has 0 amide bonds. The van der Waals surface area contributed by atoms with Crippen LogP contribution in [0.4, 0.5) is 0 Å². The maximum absolute atomic E-state index is 6.14. The van der Waals surface area contributed by atoms with Crippen molar-refractivity contribution in [3.05, 3.63) is 30.1 Å². The van der Waals surface area contributed by atoms with E-state index in [1.165, 1.54) is 12.8 Å². The van der Waals surface area contributed by atoms with Crippen LogP contribution in [0.2, 0.25) is 0 Å². The summed E-state index contributed by atoms with van der Waals surface area (Å²) in [5.74, 6) is 0.687. The molecule has 1 unspecified atom stereocenters. The topological polar surface area (TPSA) is 12.9 Å². The summed E-state index contributed by atoms with van der Waals surface area (Å²) < 4.78 is 0. The van der Waals surface area contributed by atoms with Crippen LogP contribution in [0.3, 0.4) is 0 Å². The minimum atomic E-state index is 0.149. The second-order valence-electron chi connectivity index (χ2n) is 2.99. The minimum absolute atomic E-state index is 0.149. The van der Waals surface area contributed by atoms with Gasteiger partial charge in [-0.2, -0.15) is 0 Å². The van der Waals surface area contributed by atoms with Crippen LogP contribution < -0.4 is 0 Å². The lowest BCUT2D eigenvalue weighted by atomic mass is 10.2. The summed E-state index contributed by atoms with van der Waals surface area (Å²) in [6.07, 6.45) is 4.34. The first kappa shape index (κ1) is 7.11. The van der Waals surface area contributed by atoms with Crippen LogP contribution in [0.5, 0.6) is 0 Å². The average Bonchev–Trinajstić information content (AvgIpc) is 2.87. The van der Waals surface area contributed by atoms with Gasteiger partial charge in [0.1, 0.15) is 0 Å². The molecule has 1 nitrogen and oxygen atoms in total. The van der Waals surface area contributed by atoms with E-state index < -0.39 is 0 Å². The number of rotatable bonds is 2. The van der Waals surface area contributed by atoms with E-state index in [0.29, 0.717) is 5.92 Å². The van der Waals surface area contributed by atoms with Gasteiger partial charge >= 0.3 is 0 Å². The third-order valence-electron chi connectivity index (χ3n) is 2.01. The molecule has 1 aromatic rings. The Kier molecular flexibility index (Phi) is 1.82. The fraction of sp³-hybridized carbons (Fsp3) is 0.444. The van der Waals surface area contributed by atoms with Crippen molar-refractivity contribution in [2.45, 2.75) is 18.2 Å². The molecule has 0 aromatic carbocycles. The lowest BCUT2D eigenvalue weighted by Gasteiger charge is -2.04. The van der Waals surface area contributed by atoms with Gasteiger partial charge in [-0.25, -0.2) is 0 Å². The van der Waals surface area contributed by atoms with Crippen LogP contribution in [0, 0.1) is 5.92 Å². The van der Waals surface area contributed by atoms with Crippen molar-refractivity contribution in [1.82, 2.24) is 4.98 Å². The zero-order chi connectivity index (χ0) is 7.68. The Morgan fingerprint density at radius 3 is 2.82 bits per heavy atom. The van der Waals surface area contributed by atoms with Crippen LogP contribution in [0.25, 0.3) is 0 Å². The molecule has 58 valence electrons. The molecule has 2 rings (SSSR count). The van der Waals surface area contributed by atoms with Crippen molar-refractivity contribution < 1.29 is 0 Å². The molecule has 1 saturated carbocycles. The highest BCUT2D eigenvalue weighted by atomic mass is 35.5. The van der Waals surface area contributed by atoms with Gasteiger partial charge < -0.3 is 0 Å². The second-order valence-corrected chi connectivity index (χ2v) is 3.46. The number of halogens is 1. The van der Waals surface area contributed by atoms with Gasteiger partial charge in [0.25, 0.3) is 0 Å². The van der Waals surface area contributed by atoms with Crippen molar-refractivity contribution in [3.63, 3.8) is 0 Å². The largest absolute Gasteiger partial charge is 0.260 e. The van der Waals surface area contributed by atoms with E-state index in [1.54, 1.807) is 6.20 Å². The number of aromatic nitrogens is 1. The van der Waals surface area contributed by atoms with Gasteiger partial charge in [-0.3, -0.25) is 4.98 Å². The summed E-state index contributed by atoms with van der Waals surface area (Å²) in [6, 6.07) is 5.90. The number of nitrogens with zero attached hydrogens (tertiary/aromatic N) is 1. The number of hydrogen-bond donors (Lipinski definition) is 0. The van der Waals surface area contributed by atoms with Crippen molar-refractivity contribution in [1.29, 1.82) is 0 Å². The Hall–Kier alpha value is -0.560. The highest BCUT2D eigenvalue weighted by Gasteiger charge is 2.31. The van der Waals surface area contributed by atoms with E-state index in [4.69, 9.17) is 11.6 Å². The molecule has 0 aliphatic heterocycles. The molecular formula is C9H10ClN. The van der Waals surface area contributed by atoms with E-state index >= 15 is 0 Å². The Balaban J connectivity index is 2.15. The lowest BCUT2D eigenvalue weighted by Crippen LogP contribution is -1.94. The molecule has 1 aliphatic carbocycles. The monoisotopic (exact) mass is 167 g/mol. The molecule has 1 aliphatic rings. The normalized spacial score (nSPS) is 19.7. The van der Waals surface area contributed by atoms with Gasteiger partial charge in [-0.15, -0.1) is 11.6 Å². The SMILES string of the molecule is ClC(c1ccccn1)C1CC1. The molecular weight excluding hydrogens is 158 g/mol. The molecule has 0 bridgehead atoms. The van der Waals surface area contributed by atoms with Gasteiger partial charge in [0.2, 0.25) is 0 Å². The second kappa shape index (κ2) is 2.82. The van der Waals surface area contributed by atoms with Crippen LogP contribution >= 0.6 is 11.6 Å².